The molecule has 6 heteroatoms. The number of nitrogens with zero attached hydrogens (tertiary/aromatic N) is 1. The molecule has 1 N–H and O–H groups in total. The number of rotatable bonds is 5. The first-order valence-electron chi connectivity index (χ1n) is 8.48. The number of thiophene rings is 1. The second kappa shape index (κ2) is 7.04. The summed E-state index contributed by atoms with van der Waals surface area (Å²) in [7, 11) is 0. The smallest absolute Gasteiger partial charge is 0.225 e. The van der Waals surface area contributed by atoms with Crippen molar-refractivity contribution < 1.29 is 14.0 Å². The van der Waals surface area contributed by atoms with Gasteiger partial charge in [0, 0.05) is 17.8 Å². The molecule has 134 valence electrons. The molecule has 0 spiro atoms. The van der Waals surface area contributed by atoms with Crippen LogP contribution in [0.15, 0.2) is 40.3 Å². The normalized spacial score (nSPS) is 19.2. The Morgan fingerprint density at radius 2 is 2.20 bits per heavy atom. The van der Waals surface area contributed by atoms with Crippen LogP contribution in [0.1, 0.15) is 43.9 Å². The summed E-state index contributed by atoms with van der Waals surface area (Å²) < 4.78 is 5.30. The highest BCUT2D eigenvalue weighted by atomic mass is 32.1. The van der Waals surface area contributed by atoms with Gasteiger partial charge in [-0.1, -0.05) is 26.8 Å². The third-order valence-corrected chi connectivity index (χ3v) is 5.43. The number of hydrogen-bond acceptors (Lipinski definition) is 4. The van der Waals surface area contributed by atoms with E-state index in [2.05, 4.69) is 26.1 Å². The lowest BCUT2D eigenvalue weighted by atomic mass is 9.85. The Morgan fingerprint density at radius 1 is 1.40 bits per heavy atom. The van der Waals surface area contributed by atoms with Crippen LogP contribution in [0.25, 0.3) is 0 Å². The fraction of sp³-hybridized carbons (Fsp3) is 0.474. The first kappa shape index (κ1) is 17.7. The monoisotopic (exact) mass is 360 g/mol. The van der Waals surface area contributed by atoms with E-state index in [-0.39, 0.29) is 35.6 Å². The van der Waals surface area contributed by atoms with E-state index >= 15 is 0 Å². The van der Waals surface area contributed by atoms with Gasteiger partial charge < -0.3 is 14.6 Å². The molecule has 1 saturated heterocycles. The molecule has 0 radical (unpaired) electrons. The molecular formula is C19H24N2O3S. The molecule has 2 unspecified atom stereocenters. The summed E-state index contributed by atoms with van der Waals surface area (Å²) in [5.41, 5.74) is -0.100. The topological polar surface area (TPSA) is 62.6 Å². The zero-order valence-corrected chi connectivity index (χ0v) is 15.6. The average Bonchev–Trinajstić information content (AvgIpc) is 3.27. The van der Waals surface area contributed by atoms with Crippen LogP contribution in [0.2, 0.25) is 0 Å². The van der Waals surface area contributed by atoms with Crippen molar-refractivity contribution >= 4 is 23.2 Å². The van der Waals surface area contributed by atoms with Crippen molar-refractivity contribution in [2.24, 2.45) is 11.3 Å². The van der Waals surface area contributed by atoms with Crippen LogP contribution in [0, 0.1) is 11.3 Å². The van der Waals surface area contributed by atoms with Gasteiger partial charge in [0.15, 0.2) is 0 Å². The highest BCUT2D eigenvalue weighted by Gasteiger charge is 2.37. The molecule has 1 aliphatic heterocycles. The Morgan fingerprint density at radius 3 is 2.80 bits per heavy atom. The molecule has 0 aromatic carbocycles. The number of amides is 2. The van der Waals surface area contributed by atoms with Crippen molar-refractivity contribution in [1.29, 1.82) is 0 Å². The van der Waals surface area contributed by atoms with E-state index < -0.39 is 0 Å². The van der Waals surface area contributed by atoms with E-state index in [4.69, 9.17) is 4.42 Å². The first-order chi connectivity index (χ1) is 11.8. The van der Waals surface area contributed by atoms with Gasteiger partial charge in [-0.25, -0.2) is 0 Å². The highest BCUT2D eigenvalue weighted by Crippen LogP contribution is 2.35. The maximum atomic E-state index is 12.8. The summed E-state index contributed by atoms with van der Waals surface area (Å²) in [6.45, 7) is 7.19. The van der Waals surface area contributed by atoms with E-state index in [1.807, 2.05) is 23.6 Å². The van der Waals surface area contributed by atoms with Gasteiger partial charge in [-0.15, -0.1) is 11.3 Å². The van der Waals surface area contributed by atoms with E-state index in [0.29, 0.717) is 13.1 Å². The summed E-state index contributed by atoms with van der Waals surface area (Å²) in [5.74, 6) is 0.372. The fourth-order valence-corrected chi connectivity index (χ4v) is 4.14. The van der Waals surface area contributed by atoms with Crippen LogP contribution >= 0.6 is 11.3 Å². The van der Waals surface area contributed by atoms with Crippen molar-refractivity contribution in [3.63, 3.8) is 0 Å². The molecule has 5 nitrogen and oxygen atoms in total. The predicted molar refractivity (Wildman–Crippen MR) is 96.9 cm³/mol. The molecule has 0 bridgehead atoms. The number of carbonyl (C=O) groups excluding carboxylic acids is 2. The van der Waals surface area contributed by atoms with Crippen LogP contribution in [-0.2, 0) is 16.1 Å². The lowest BCUT2D eigenvalue weighted by Crippen LogP contribution is -2.40. The Hall–Kier alpha value is -2.08. The van der Waals surface area contributed by atoms with Gasteiger partial charge in [0.2, 0.25) is 11.8 Å². The largest absolute Gasteiger partial charge is 0.467 e. The molecule has 2 aromatic rings. The van der Waals surface area contributed by atoms with Gasteiger partial charge in [-0.2, -0.15) is 0 Å². The molecule has 1 aliphatic rings. The minimum Gasteiger partial charge on any atom is -0.467 e. The third-order valence-electron chi connectivity index (χ3n) is 4.49. The molecule has 2 amide bonds. The molecule has 0 aliphatic carbocycles. The quantitative estimate of drug-likeness (QED) is 0.886. The van der Waals surface area contributed by atoms with E-state index in [1.165, 1.54) is 0 Å². The van der Waals surface area contributed by atoms with Crippen molar-refractivity contribution in [3.8, 4) is 0 Å². The van der Waals surface area contributed by atoms with Crippen molar-refractivity contribution in [2.45, 2.75) is 39.8 Å². The van der Waals surface area contributed by atoms with Crippen molar-refractivity contribution in [3.05, 3.63) is 46.5 Å². The van der Waals surface area contributed by atoms with Crippen LogP contribution in [0.3, 0.4) is 0 Å². The zero-order valence-electron chi connectivity index (χ0n) is 14.8. The third kappa shape index (κ3) is 4.12. The summed E-state index contributed by atoms with van der Waals surface area (Å²) in [5, 5.41) is 5.19. The predicted octanol–water partition coefficient (Wildman–Crippen LogP) is 3.59. The second-order valence-corrected chi connectivity index (χ2v) is 8.56. The molecule has 1 fully saturated rings. The Labute approximate surface area is 152 Å². The molecule has 0 saturated carbocycles. The van der Waals surface area contributed by atoms with Gasteiger partial charge in [-0.3, -0.25) is 9.59 Å². The van der Waals surface area contributed by atoms with Gasteiger partial charge in [0.05, 0.1) is 24.8 Å². The minimum atomic E-state index is -0.313. The Balaban J connectivity index is 1.65. The zero-order chi connectivity index (χ0) is 18.0. The van der Waals surface area contributed by atoms with Crippen LogP contribution in [-0.4, -0.2) is 23.3 Å². The van der Waals surface area contributed by atoms with E-state index in [0.717, 1.165) is 10.6 Å². The lowest BCUT2D eigenvalue weighted by Gasteiger charge is -2.31. The molecular weight excluding hydrogens is 336 g/mol. The van der Waals surface area contributed by atoms with E-state index in [1.54, 1.807) is 28.6 Å². The van der Waals surface area contributed by atoms with Crippen molar-refractivity contribution in [2.75, 3.05) is 6.54 Å². The number of carbonyl (C=O) groups is 2. The molecule has 3 rings (SSSR count). The number of hydrogen-bond donors (Lipinski definition) is 1. The molecule has 25 heavy (non-hydrogen) atoms. The molecule has 2 aromatic heterocycles. The lowest BCUT2D eigenvalue weighted by molar-refractivity contribution is -0.129. The standard InChI is InChI=1S/C19H24N2O3S/c1-19(2,3)17(15-7-5-9-25-15)20-18(23)13-10-16(22)21(11-13)12-14-6-4-8-24-14/h4-9,13,17H,10-12H2,1-3H3,(H,20,23). The summed E-state index contributed by atoms with van der Waals surface area (Å²) in [4.78, 5) is 27.8. The molecule has 3 heterocycles. The number of nitrogens with one attached hydrogen (secondary N) is 1. The first-order valence-corrected chi connectivity index (χ1v) is 9.36. The van der Waals surface area contributed by atoms with Crippen LogP contribution < -0.4 is 5.32 Å². The van der Waals surface area contributed by atoms with Gasteiger partial charge >= 0.3 is 0 Å². The second-order valence-electron chi connectivity index (χ2n) is 7.58. The van der Waals surface area contributed by atoms with Crippen molar-refractivity contribution in [1.82, 2.24) is 10.2 Å². The maximum Gasteiger partial charge on any atom is 0.225 e. The highest BCUT2D eigenvalue weighted by molar-refractivity contribution is 7.10. The van der Waals surface area contributed by atoms with Crippen LogP contribution in [0.5, 0.6) is 0 Å². The summed E-state index contributed by atoms with van der Waals surface area (Å²) in [6, 6.07) is 7.62. The van der Waals surface area contributed by atoms with E-state index in [9.17, 15) is 9.59 Å². The van der Waals surface area contributed by atoms with Gasteiger partial charge in [0.25, 0.3) is 0 Å². The summed E-state index contributed by atoms with van der Waals surface area (Å²) >= 11 is 1.64. The number of furan rings is 1. The SMILES string of the molecule is CC(C)(C)C(NC(=O)C1CC(=O)N(Cc2ccco2)C1)c1cccs1. The average molecular weight is 360 g/mol. The van der Waals surface area contributed by atoms with Gasteiger partial charge in [0.1, 0.15) is 5.76 Å². The van der Waals surface area contributed by atoms with Gasteiger partial charge in [-0.05, 0) is 29.0 Å². The Kier molecular flexibility index (Phi) is 4.99. The van der Waals surface area contributed by atoms with Crippen LogP contribution in [0.4, 0.5) is 0 Å². The maximum absolute atomic E-state index is 12.8. The minimum absolute atomic E-state index is 0.0000164. The summed E-state index contributed by atoms with van der Waals surface area (Å²) in [6.07, 6.45) is 1.85. The fourth-order valence-electron chi connectivity index (χ4n) is 3.12. The molecule has 2 atom stereocenters. The Bertz CT molecular complexity index is 716. The number of likely N-dealkylation sites (tertiary alicyclic amines) is 1.